The van der Waals surface area contributed by atoms with Gasteiger partial charge in [0.15, 0.2) is 0 Å². The Morgan fingerprint density at radius 3 is 2.71 bits per heavy atom. The fourth-order valence-corrected chi connectivity index (χ4v) is 3.81. The van der Waals surface area contributed by atoms with Gasteiger partial charge in [-0.15, -0.1) is 0 Å². The second-order valence-electron chi connectivity index (χ2n) is 7.53. The highest BCUT2D eigenvalue weighted by Gasteiger charge is 2.40. The molecule has 0 aromatic heterocycles. The molecule has 24 heavy (non-hydrogen) atoms. The van der Waals surface area contributed by atoms with Crippen LogP contribution >= 0.6 is 0 Å². The first-order valence-electron chi connectivity index (χ1n) is 9.87. The van der Waals surface area contributed by atoms with Crippen LogP contribution in [0.15, 0.2) is 12.2 Å². The molecule has 0 amide bonds. The lowest BCUT2D eigenvalue weighted by Gasteiger charge is -2.20. The Morgan fingerprint density at radius 1 is 1.29 bits per heavy atom. The van der Waals surface area contributed by atoms with Crippen molar-refractivity contribution in [2.75, 3.05) is 0 Å². The number of hydrogen-bond acceptors (Lipinski definition) is 3. The molecule has 3 nitrogen and oxygen atoms in total. The molecule has 0 saturated heterocycles. The van der Waals surface area contributed by atoms with E-state index in [4.69, 9.17) is 0 Å². The minimum Gasteiger partial charge on any atom is -0.392 e. The zero-order valence-corrected chi connectivity index (χ0v) is 15.8. The number of allylic oxidation sites excluding steroid dienone is 2. The van der Waals surface area contributed by atoms with Crippen molar-refractivity contribution in [3.8, 4) is 0 Å². The quantitative estimate of drug-likeness (QED) is 0.409. The van der Waals surface area contributed by atoms with Gasteiger partial charge in [-0.05, 0) is 31.1 Å². The fourth-order valence-electron chi connectivity index (χ4n) is 3.81. The third-order valence-electron chi connectivity index (χ3n) is 5.23. The summed E-state index contributed by atoms with van der Waals surface area (Å²) in [5.41, 5.74) is 0. The molecule has 0 bridgehead atoms. The van der Waals surface area contributed by atoms with E-state index < -0.39 is 6.10 Å². The summed E-state index contributed by atoms with van der Waals surface area (Å²) in [4.78, 5) is 24.3. The largest absolute Gasteiger partial charge is 0.392 e. The maximum Gasteiger partial charge on any atom is 0.139 e. The number of hydrogen-bond donors (Lipinski definition) is 1. The van der Waals surface area contributed by atoms with E-state index in [1.807, 2.05) is 0 Å². The molecular formula is C21H36O3. The van der Waals surface area contributed by atoms with E-state index in [2.05, 4.69) is 32.9 Å². The number of carbonyl (C=O) groups is 2. The van der Waals surface area contributed by atoms with Crippen LogP contribution in [-0.4, -0.2) is 22.8 Å². The van der Waals surface area contributed by atoms with Crippen LogP contribution in [-0.2, 0) is 9.59 Å². The average Bonchev–Trinajstić information content (AvgIpc) is 2.79. The van der Waals surface area contributed by atoms with Gasteiger partial charge in [0, 0.05) is 25.2 Å². The minimum absolute atomic E-state index is 0.0428. The van der Waals surface area contributed by atoms with Crippen LogP contribution in [0.5, 0.6) is 0 Å². The standard InChI is InChI=1S/C21H36O3/c1-4-6-7-8-9-11-18-19(21(24)15-20(18)23)13-12-17(22)14-16(3)10-5-2/h8-9,16,18-19,21,24H,4-7,10-15H2,1-3H3/b9-8-. The third kappa shape index (κ3) is 7.29. The number of rotatable bonds is 12. The van der Waals surface area contributed by atoms with E-state index in [9.17, 15) is 14.7 Å². The van der Waals surface area contributed by atoms with Crippen LogP contribution < -0.4 is 0 Å². The predicted molar refractivity (Wildman–Crippen MR) is 98.8 cm³/mol. The van der Waals surface area contributed by atoms with Crippen LogP contribution in [0.1, 0.15) is 85.0 Å². The molecule has 1 fully saturated rings. The van der Waals surface area contributed by atoms with Gasteiger partial charge in [0.1, 0.15) is 11.6 Å². The minimum atomic E-state index is -0.563. The van der Waals surface area contributed by atoms with Crippen molar-refractivity contribution in [3.63, 3.8) is 0 Å². The van der Waals surface area contributed by atoms with Gasteiger partial charge < -0.3 is 5.11 Å². The lowest BCUT2D eigenvalue weighted by Crippen LogP contribution is -2.21. The lowest BCUT2D eigenvalue weighted by molar-refractivity contribution is -0.122. The molecule has 138 valence electrons. The normalized spacial score (nSPS) is 25.5. The molecule has 1 rings (SSSR count). The molecule has 0 spiro atoms. The molecule has 4 atom stereocenters. The number of Topliss-reactive ketones (excluding diaryl/α,β-unsaturated/α-hetero) is 2. The van der Waals surface area contributed by atoms with Gasteiger partial charge in [-0.3, -0.25) is 9.59 Å². The zero-order chi connectivity index (χ0) is 17.9. The Hall–Kier alpha value is -0.960. The van der Waals surface area contributed by atoms with Crippen molar-refractivity contribution in [1.29, 1.82) is 0 Å². The molecule has 0 aliphatic heterocycles. The van der Waals surface area contributed by atoms with Crippen molar-refractivity contribution < 1.29 is 14.7 Å². The molecule has 0 radical (unpaired) electrons. The molecule has 4 unspecified atom stereocenters. The van der Waals surface area contributed by atoms with Gasteiger partial charge >= 0.3 is 0 Å². The number of carbonyl (C=O) groups excluding carboxylic acids is 2. The van der Waals surface area contributed by atoms with Crippen molar-refractivity contribution >= 4 is 11.6 Å². The first kappa shape index (κ1) is 21.1. The number of ketones is 2. The summed E-state index contributed by atoms with van der Waals surface area (Å²) in [6.45, 7) is 6.43. The van der Waals surface area contributed by atoms with Crippen LogP contribution in [0.25, 0.3) is 0 Å². The highest BCUT2D eigenvalue weighted by Crippen LogP contribution is 2.35. The van der Waals surface area contributed by atoms with Gasteiger partial charge in [0.25, 0.3) is 0 Å². The average molecular weight is 337 g/mol. The summed E-state index contributed by atoms with van der Waals surface area (Å²) < 4.78 is 0. The Bertz CT molecular complexity index is 413. The molecule has 1 N–H and O–H groups in total. The summed E-state index contributed by atoms with van der Waals surface area (Å²) >= 11 is 0. The SMILES string of the molecule is CCCC/C=C\CC1C(=O)CC(O)C1CCC(=O)CC(C)CCC. The van der Waals surface area contributed by atoms with Crippen molar-refractivity contribution in [2.24, 2.45) is 17.8 Å². The van der Waals surface area contributed by atoms with Crippen LogP contribution in [0, 0.1) is 17.8 Å². The smallest absolute Gasteiger partial charge is 0.139 e. The van der Waals surface area contributed by atoms with Gasteiger partial charge in [-0.2, -0.15) is 0 Å². The van der Waals surface area contributed by atoms with Crippen molar-refractivity contribution in [3.05, 3.63) is 12.2 Å². The Morgan fingerprint density at radius 2 is 2.04 bits per heavy atom. The van der Waals surface area contributed by atoms with Gasteiger partial charge in [0.2, 0.25) is 0 Å². The van der Waals surface area contributed by atoms with Gasteiger partial charge in [0.05, 0.1) is 6.10 Å². The highest BCUT2D eigenvalue weighted by molar-refractivity contribution is 5.84. The van der Waals surface area contributed by atoms with Gasteiger partial charge in [-0.25, -0.2) is 0 Å². The monoisotopic (exact) mass is 336 g/mol. The summed E-state index contributed by atoms with van der Waals surface area (Å²) in [5.74, 6) is 0.742. The molecule has 3 heteroatoms. The van der Waals surface area contributed by atoms with E-state index in [1.165, 1.54) is 12.8 Å². The molecular weight excluding hydrogens is 300 g/mol. The molecule has 0 aromatic rings. The van der Waals surface area contributed by atoms with Gasteiger partial charge in [-0.1, -0.05) is 58.6 Å². The topological polar surface area (TPSA) is 54.4 Å². The summed E-state index contributed by atoms with van der Waals surface area (Å²) in [5, 5.41) is 10.2. The summed E-state index contributed by atoms with van der Waals surface area (Å²) in [6, 6.07) is 0. The third-order valence-corrected chi connectivity index (χ3v) is 5.23. The first-order valence-corrected chi connectivity index (χ1v) is 9.87. The second-order valence-corrected chi connectivity index (χ2v) is 7.53. The maximum atomic E-state index is 12.1. The Balaban J connectivity index is 2.46. The van der Waals surface area contributed by atoms with Crippen LogP contribution in [0.4, 0.5) is 0 Å². The lowest BCUT2D eigenvalue weighted by atomic mass is 9.86. The molecule has 1 saturated carbocycles. The zero-order valence-electron chi connectivity index (χ0n) is 15.8. The second kappa shape index (κ2) is 11.6. The molecule has 1 aliphatic rings. The molecule has 1 aliphatic carbocycles. The van der Waals surface area contributed by atoms with Crippen molar-refractivity contribution in [1.82, 2.24) is 0 Å². The van der Waals surface area contributed by atoms with E-state index in [0.29, 0.717) is 31.6 Å². The van der Waals surface area contributed by atoms with E-state index in [0.717, 1.165) is 19.3 Å². The molecule has 0 aromatic carbocycles. The number of aliphatic hydroxyl groups excluding tert-OH is 1. The highest BCUT2D eigenvalue weighted by atomic mass is 16.3. The fraction of sp³-hybridized carbons (Fsp3) is 0.810. The number of unbranched alkanes of at least 4 members (excludes halogenated alkanes) is 2. The Kier molecular flexibility index (Phi) is 10.2. The van der Waals surface area contributed by atoms with E-state index in [-0.39, 0.29) is 29.8 Å². The van der Waals surface area contributed by atoms with Crippen LogP contribution in [0.2, 0.25) is 0 Å². The van der Waals surface area contributed by atoms with Crippen LogP contribution in [0.3, 0.4) is 0 Å². The first-order chi connectivity index (χ1) is 11.5. The van der Waals surface area contributed by atoms with E-state index >= 15 is 0 Å². The summed E-state index contributed by atoms with van der Waals surface area (Å²) in [6.07, 6.45) is 12.0. The Labute approximate surface area is 147 Å². The predicted octanol–water partition coefficient (Wildman–Crippen LogP) is 4.86. The molecule has 0 heterocycles. The maximum absolute atomic E-state index is 12.1. The van der Waals surface area contributed by atoms with Crippen molar-refractivity contribution in [2.45, 2.75) is 91.1 Å². The van der Waals surface area contributed by atoms with E-state index in [1.54, 1.807) is 0 Å². The summed E-state index contributed by atoms with van der Waals surface area (Å²) in [7, 11) is 0. The number of aliphatic hydroxyl groups is 1.